The number of carbonyl (C=O) groups excluding carboxylic acids is 1. The maximum atomic E-state index is 12.4. The van der Waals surface area contributed by atoms with E-state index in [1.165, 1.54) is 5.56 Å². The normalized spacial score (nSPS) is 10.9. The minimum absolute atomic E-state index is 0.0892. The van der Waals surface area contributed by atoms with Crippen LogP contribution in [0.2, 0.25) is 0 Å². The second-order valence-electron chi connectivity index (χ2n) is 4.65. The average molecular weight is 244 g/mol. The van der Waals surface area contributed by atoms with Gasteiger partial charge < -0.3 is 9.88 Å². The van der Waals surface area contributed by atoms with E-state index in [0.29, 0.717) is 0 Å². The van der Waals surface area contributed by atoms with Crippen molar-refractivity contribution in [2.75, 3.05) is 13.1 Å². The van der Waals surface area contributed by atoms with E-state index >= 15 is 0 Å². The number of hydrogen-bond donors (Lipinski definition) is 1. The van der Waals surface area contributed by atoms with Crippen LogP contribution in [0.5, 0.6) is 0 Å². The van der Waals surface area contributed by atoms with E-state index in [4.69, 9.17) is 0 Å². The van der Waals surface area contributed by atoms with Gasteiger partial charge in [-0.3, -0.25) is 4.79 Å². The lowest BCUT2D eigenvalue weighted by molar-refractivity contribution is 0.0767. The molecule has 2 rings (SSSR count). The van der Waals surface area contributed by atoms with Crippen LogP contribution in [0.1, 0.15) is 35.5 Å². The zero-order valence-corrected chi connectivity index (χ0v) is 11.5. The molecule has 0 saturated heterocycles. The fraction of sp³-hybridized carbons (Fsp3) is 0.400. The van der Waals surface area contributed by atoms with Gasteiger partial charge in [0.1, 0.15) is 5.69 Å². The van der Waals surface area contributed by atoms with Gasteiger partial charge in [-0.1, -0.05) is 12.1 Å². The van der Waals surface area contributed by atoms with E-state index in [-0.39, 0.29) is 5.91 Å². The number of H-pyrrole nitrogens is 1. The summed E-state index contributed by atoms with van der Waals surface area (Å²) in [5.41, 5.74) is 4.01. The highest BCUT2D eigenvalue weighted by molar-refractivity contribution is 6.01. The molecule has 1 aromatic carbocycles. The van der Waals surface area contributed by atoms with E-state index < -0.39 is 0 Å². The minimum atomic E-state index is 0.0892. The molecule has 1 aromatic heterocycles. The van der Waals surface area contributed by atoms with Crippen LogP contribution < -0.4 is 0 Å². The molecule has 18 heavy (non-hydrogen) atoms. The Morgan fingerprint density at radius 2 is 1.89 bits per heavy atom. The lowest BCUT2D eigenvalue weighted by Gasteiger charge is -2.18. The Morgan fingerprint density at radius 3 is 2.50 bits per heavy atom. The summed E-state index contributed by atoms with van der Waals surface area (Å²) in [5.74, 6) is 0.0892. The molecule has 0 aliphatic rings. The molecule has 3 nitrogen and oxygen atoms in total. The second kappa shape index (κ2) is 4.84. The first-order chi connectivity index (χ1) is 8.58. The van der Waals surface area contributed by atoms with Crippen LogP contribution in [0.4, 0.5) is 0 Å². The monoisotopic (exact) mass is 244 g/mol. The van der Waals surface area contributed by atoms with Gasteiger partial charge in [0.25, 0.3) is 5.91 Å². The number of nitrogens with one attached hydrogen (secondary N) is 1. The average Bonchev–Trinajstić information content (AvgIpc) is 2.67. The van der Waals surface area contributed by atoms with E-state index in [2.05, 4.69) is 30.1 Å². The van der Waals surface area contributed by atoms with Gasteiger partial charge in [-0.2, -0.15) is 0 Å². The molecule has 96 valence electrons. The third kappa shape index (κ3) is 2.01. The lowest BCUT2D eigenvalue weighted by Crippen LogP contribution is -2.31. The standard InChI is InChI=1S/C15H20N2O/c1-5-17(6-2)15(18)14-11(4)12-8-7-10(3)9-13(12)16-14/h7-9,16H,5-6H2,1-4H3. The molecule has 0 saturated carbocycles. The number of carbonyl (C=O) groups is 1. The van der Waals surface area contributed by atoms with Crippen molar-refractivity contribution in [2.24, 2.45) is 0 Å². The Kier molecular flexibility index (Phi) is 3.41. The molecule has 3 heteroatoms. The van der Waals surface area contributed by atoms with Gasteiger partial charge in [0, 0.05) is 24.0 Å². The van der Waals surface area contributed by atoms with Crippen molar-refractivity contribution in [1.82, 2.24) is 9.88 Å². The van der Waals surface area contributed by atoms with Gasteiger partial charge in [-0.05, 0) is 44.9 Å². The van der Waals surface area contributed by atoms with Gasteiger partial charge in [0.2, 0.25) is 0 Å². The first kappa shape index (κ1) is 12.7. The summed E-state index contributed by atoms with van der Waals surface area (Å²) in [6.07, 6.45) is 0. The van der Waals surface area contributed by atoms with Gasteiger partial charge >= 0.3 is 0 Å². The number of nitrogens with zero attached hydrogens (tertiary/aromatic N) is 1. The third-order valence-electron chi connectivity index (χ3n) is 3.48. The zero-order chi connectivity index (χ0) is 13.3. The highest BCUT2D eigenvalue weighted by Crippen LogP contribution is 2.23. The summed E-state index contributed by atoms with van der Waals surface area (Å²) in [7, 11) is 0. The summed E-state index contributed by atoms with van der Waals surface area (Å²) in [6.45, 7) is 9.55. The van der Waals surface area contributed by atoms with E-state index in [1.54, 1.807) is 0 Å². The summed E-state index contributed by atoms with van der Waals surface area (Å²) in [6, 6.07) is 6.24. The molecular formula is C15H20N2O. The van der Waals surface area contributed by atoms with Gasteiger partial charge in [0.05, 0.1) is 0 Å². The van der Waals surface area contributed by atoms with Crippen LogP contribution in [-0.4, -0.2) is 28.9 Å². The van der Waals surface area contributed by atoms with Crippen LogP contribution in [-0.2, 0) is 0 Å². The second-order valence-corrected chi connectivity index (χ2v) is 4.65. The molecule has 0 unspecified atom stereocenters. The Morgan fingerprint density at radius 1 is 1.22 bits per heavy atom. The molecular weight excluding hydrogens is 224 g/mol. The topological polar surface area (TPSA) is 36.1 Å². The lowest BCUT2D eigenvalue weighted by atomic mass is 10.1. The van der Waals surface area contributed by atoms with Crippen molar-refractivity contribution < 1.29 is 4.79 Å². The molecule has 0 atom stereocenters. The molecule has 1 amide bonds. The van der Waals surface area contributed by atoms with Gasteiger partial charge in [0.15, 0.2) is 0 Å². The smallest absolute Gasteiger partial charge is 0.270 e. The van der Waals surface area contributed by atoms with Gasteiger partial charge in [-0.25, -0.2) is 0 Å². The Balaban J connectivity index is 2.51. The third-order valence-corrected chi connectivity index (χ3v) is 3.48. The van der Waals surface area contributed by atoms with Crippen LogP contribution >= 0.6 is 0 Å². The molecule has 0 bridgehead atoms. The van der Waals surface area contributed by atoms with Crippen molar-refractivity contribution in [3.8, 4) is 0 Å². The van der Waals surface area contributed by atoms with Crippen molar-refractivity contribution in [2.45, 2.75) is 27.7 Å². The highest BCUT2D eigenvalue weighted by Gasteiger charge is 2.18. The van der Waals surface area contributed by atoms with Crippen molar-refractivity contribution in [3.05, 3.63) is 35.0 Å². The fourth-order valence-electron chi connectivity index (χ4n) is 2.33. The molecule has 0 radical (unpaired) electrons. The predicted molar refractivity (Wildman–Crippen MR) is 75.0 cm³/mol. The van der Waals surface area contributed by atoms with Gasteiger partial charge in [-0.15, -0.1) is 0 Å². The predicted octanol–water partition coefficient (Wildman–Crippen LogP) is 3.27. The summed E-state index contributed by atoms with van der Waals surface area (Å²) < 4.78 is 0. The number of hydrogen-bond acceptors (Lipinski definition) is 1. The maximum Gasteiger partial charge on any atom is 0.270 e. The number of fused-ring (bicyclic) bond motifs is 1. The van der Waals surface area contributed by atoms with E-state index in [0.717, 1.165) is 35.2 Å². The largest absolute Gasteiger partial charge is 0.350 e. The summed E-state index contributed by atoms with van der Waals surface area (Å²) in [5, 5.41) is 1.14. The number of aryl methyl sites for hydroxylation is 2. The Labute approximate surface area is 108 Å². The number of aromatic nitrogens is 1. The summed E-state index contributed by atoms with van der Waals surface area (Å²) in [4.78, 5) is 17.5. The van der Waals surface area contributed by atoms with Crippen LogP contribution in [0, 0.1) is 13.8 Å². The number of rotatable bonds is 3. The van der Waals surface area contributed by atoms with Crippen molar-refractivity contribution >= 4 is 16.8 Å². The first-order valence-corrected chi connectivity index (χ1v) is 6.46. The first-order valence-electron chi connectivity index (χ1n) is 6.46. The summed E-state index contributed by atoms with van der Waals surface area (Å²) >= 11 is 0. The van der Waals surface area contributed by atoms with Crippen LogP contribution in [0.15, 0.2) is 18.2 Å². The number of benzene rings is 1. The highest BCUT2D eigenvalue weighted by atomic mass is 16.2. The van der Waals surface area contributed by atoms with E-state index in [1.807, 2.05) is 25.7 Å². The molecule has 2 aromatic rings. The molecule has 1 heterocycles. The van der Waals surface area contributed by atoms with Crippen molar-refractivity contribution in [3.63, 3.8) is 0 Å². The molecule has 0 spiro atoms. The van der Waals surface area contributed by atoms with Crippen molar-refractivity contribution in [1.29, 1.82) is 0 Å². The zero-order valence-electron chi connectivity index (χ0n) is 11.5. The number of aromatic amines is 1. The molecule has 0 fully saturated rings. The van der Waals surface area contributed by atoms with Crippen LogP contribution in [0.3, 0.4) is 0 Å². The number of amides is 1. The quantitative estimate of drug-likeness (QED) is 0.883. The molecule has 0 aliphatic carbocycles. The molecule has 1 N–H and O–H groups in total. The van der Waals surface area contributed by atoms with E-state index in [9.17, 15) is 4.79 Å². The molecule has 0 aliphatic heterocycles. The maximum absolute atomic E-state index is 12.4. The SMILES string of the molecule is CCN(CC)C(=O)c1[nH]c2cc(C)ccc2c1C. The van der Waals surface area contributed by atoms with Crippen LogP contribution in [0.25, 0.3) is 10.9 Å². The Bertz CT molecular complexity index is 579. The minimum Gasteiger partial charge on any atom is -0.350 e. The fourth-order valence-corrected chi connectivity index (χ4v) is 2.33. The Hall–Kier alpha value is -1.77.